The van der Waals surface area contributed by atoms with Crippen molar-refractivity contribution in [2.75, 3.05) is 6.54 Å². The molecule has 3 heterocycles. The van der Waals surface area contributed by atoms with Gasteiger partial charge in [0.05, 0.1) is 18.1 Å². The minimum atomic E-state index is -0.853. The van der Waals surface area contributed by atoms with E-state index in [0.717, 1.165) is 36.0 Å². The molecule has 5 heteroatoms. The molecule has 1 saturated heterocycles. The molecule has 21 heavy (non-hydrogen) atoms. The maximum atomic E-state index is 12.6. The summed E-state index contributed by atoms with van der Waals surface area (Å²) in [7, 11) is 0. The van der Waals surface area contributed by atoms with Crippen LogP contribution in [-0.4, -0.2) is 44.1 Å². The van der Waals surface area contributed by atoms with Gasteiger partial charge in [0.25, 0.3) is 0 Å². The number of hydrogen-bond acceptors (Lipinski definition) is 3. The van der Waals surface area contributed by atoms with E-state index in [1.807, 2.05) is 23.2 Å². The molecule has 0 aliphatic carbocycles. The molecule has 1 amide bonds. The Labute approximate surface area is 124 Å². The average Bonchev–Trinajstić information content (AvgIpc) is 3.05. The van der Waals surface area contributed by atoms with E-state index in [1.54, 1.807) is 20.0 Å². The summed E-state index contributed by atoms with van der Waals surface area (Å²) >= 11 is 0. The number of nitrogens with one attached hydrogen (secondary N) is 1. The van der Waals surface area contributed by atoms with Gasteiger partial charge in [-0.05, 0) is 44.4 Å². The fraction of sp³-hybridized carbons (Fsp3) is 0.500. The SMILES string of the molecule is CC(C)(O)C1CCCN1C(=O)Cc1c[nH]c2ncccc12. The number of carbonyl (C=O) groups excluding carboxylic acids is 1. The van der Waals surface area contributed by atoms with Crippen molar-refractivity contribution in [3.05, 3.63) is 30.1 Å². The number of aromatic amines is 1. The highest BCUT2D eigenvalue weighted by atomic mass is 16.3. The van der Waals surface area contributed by atoms with Crippen molar-refractivity contribution in [1.29, 1.82) is 0 Å². The first kappa shape index (κ1) is 14.1. The lowest BCUT2D eigenvalue weighted by Crippen LogP contribution is -2.48. The summed E-state index contributed by atoms with van der Waals surface area (Å²) in [6.07, 6.45) is 5.75. The number of carbonyl (C=O) groups is 1. The van der Waals surface area contributed by atoms with Gasteiger partial charge in [0, 0.05) is 24.3 Å². The third-order valence-electron chi connectivity index (χ3n) is 4.27. The monoisotopic (exact) mass is 287 g/mol. The maximum absolute atomic E-state index is 12.6. The van der Waals surface area contributed by atoms with Crippen LogP contribution >= 0.6 is 0 Å². The van der Waals surface area contributed by atoms with E-state index in [9.17, 15) is 9.90 Å². The van der Waals surface area contributed by atoms with Gasteiger partial charge in [-0.3, -0.25) is 4.79 Å². The number of pyridine rings is 1. The number of likely N-dealkylation sites (tertiary alicyclic amines) is 1. The summed E-state index contributed by atoms with van der Waals surface area (Å²) in [5.74, 6) is 0.0735. The fourth-order valence-electron chi connectivity index (χ4n) is 3.22. The second kappa shape index (κ2) is 5.15. The largest absolute Gasteiger partial charge is 0.388 e. The Morgan fingerprint density at radius 2 is 2.38 bits per heavy atom. The first-order valence-corrected chi connectivity index (χ1v) is 7.39. The summed E-state index contributed by atoms with van der Waals surface area (Å²) < 4.78 is 0. The zero-order chi connectivity index (χ0) is 15.0. The molecule has 0 radical (unpaired) electrons. The van der Waals surface area contributed by atoms with Crippen LogP contribution in [0.4, 0.5) is 0 Å². The maximum Gasteiger partial charge on any atom is 0.227 e. The summed E-state index contributed by atoms with van der Waals surface area (Å²) in [6.45, 7) is 4.28. The smallest absolute Gasteiger partial charge is 0.227 e. The van der Waals surface area contributed by atoms with Gasteiger partial charge in [0.2, 0.25) is 5.91 Å². The third kappa shape index (κ3) is 2.65. The molecule has 0 saturated carbocycles. The Kier molecular flexibility index (Phi) is 3.45. The molecule has 3 rings (SSSR count). The number of aromatic nitrogens is 2. The highest BCUT2D eigenvalue weighted by Crippen LogP contribution is 2.28. The summed E-state index contributed by atoms with van der Waals surface area (Å²) in [4.78, 5) is 21.8. The lowest BCUT2D eigenvalue weighted by Gasteiger charge is -2.33. The standard InChI is InChI=1S/C16H21N3O2/c1-16(2,21)13-6-4-8-19(13)14(20)9-11-10-18-15-12(11)5-3-7-17-15/h3,5,7,10,13,21H,4,6,8-9H2,1-2H3,(H,17,18). The average molecular weight is 287 g/mol. The van der Waals surface area contributed by atoms with E-state index in [4.69, 9.17) is 0 Å². The van der Waals surface area contributed by atoms with Crippen molar-refractivity contribution in [2.24, 2.45) is 0 Å². The predicted molar refractivity (Wildman–Crippen MR) is 80.8 cm³/mol. The Bertz CT molecular complexity index is 657. The highest BCUT2D eigenvalue weighted by molar-refractivity contribution is 5.87. The third-order valence-corrected chi connectivity index (χ3v) is 4.27. The normalized spacial score (nSPS) is 19.4. The minimum Gasteiger partial charge on any atom is -0.388 e. The van der Waals surface area contributed by atoms with Gasteiger partial charge in [-0.25, -0.2) is 4.98 Å². The van der Waals surface area contributed by atoms with Gasteiger partial charge >= 0.3 is 0 Å². The first-order valence-electron chi connectivity index (χ1n) is 7.39. The molecule has 1 aliphatic heterocycles. The van der Waals surface area contributed by atoms with E-state index >= 15 is 0 Å². The summed E-state index contributed by atoms with van der Waals surface area (Å²) in [6, 6.07) is 3.76. The molecule has 0 spiro atoms. The van der Waals surface area contributed by atoms with E-state index in [0.29, 0.717) is 6.42 Å². The molecule has 5 nitrogen and oxygen atoms in total. The van der Waals surface area contributed by atoms with Crippen LogP contribution in [0.1, 0.15) is 32.3 Å². The van der Waals surface area contributed by atoms with Crippen LogP contribution in [0.5, 0.6) is 0 Å². The number of rotatable bonds is 3. The number of nitrogens with zero attached hydrogens (tertiary/aromatic N) is 2. The molecule has 2 aromatic heterocycles. The van der Waals surface area contributed by atoms with E-state index in [2.05, 4.69) is 9.97 Å². The van der Waals surface area contributed by atoms with Crippen LogP contribution in [0.2, 0.25) is 0 Å². The van der Waals surface area contributed by atoms with Crippen molar-refractivity contribution in [2.45, 2.75) is 44.8 Å². The van der Waals surface area contributed by atoms with Crippen molar-refractivity contribution >= 4 is 16.9 Å². The molecule has 0 aromatic carbocycles. The van der Waals surface area contributed by atoms with Crippen molar-refractivity contribution in [3.63, 3.8) is 0 Å². The number of fused-ring (bicyclic) bond motifs is 1. The molecular weight excluding hydrogens is 266 g/mol. The van der Waals surface area contributed by atoms with Crippen LogP contribution in [0.3, 0.4) is 0 Å². The highest BCUT2D eigenvalue weighted by Gasteiger charge is 2.38. The molecular formula is C16H21N3O2. The van der Waals surface area contributed by atoms with Crippen molar-refractivity contribution in [3.8, 4) is 0 Å². The molecule has 2 N–H and O–H groups in total. The Balaban J connectivity index is 1.80. The molecule has 1 fully saturated rings. The zero-order valence-corrected chi connectivity index (χ0v) is 12.5. The molecule has 1 aliphatic rings. The van der Waals surface area contributed by atoms with Gasteiger partial charge in [0.15, 0.2) is 0 Å². The second-order valence-corrected chi connectivity index (χ2v) is 6.29. The van der Waals surface area contributed by atoms with Gasteiger partial charge in [-0.2, -0.15) is 0 Å². The predicted octanol–water partition coefficient (Wildman–Crippen LogP) is 1.87. The van der Waals surface area contributed by atoms with Crippen LogP contribution in [0.15, 0.2) is 24.5 Å². The topological polar surface area (TPSA) is 69.2 Å². The van der Waals surface area contributed by atoms with Crippen LogP contribution in [0, 0.1) is 0 Å². The number of amides is 1. The fourth-order valence-corrected chi connectivity index (χ4v) is 3.22. The van der Waals surface area contributed by atoms with Gasteiger partial charge in [-0.1, -0.05) is 0 Å². The van der Waals surface area contributed by atoms with Crippen LogP contribution < -0.4 is 0 Å². The van der Waals surface area contributed by atoms with Crippen molar-refractivity contribution in [1.82, 2.24) is 14.9 Å². The summed E-state index contributed by atoms with van der Waals surface area (Å²) in [5.41, 5.74) is 0.916. The first-order chi connectivity index (χ1) is 9.97. The number of H-pyrrole nitrogens is 1. The van der Waals surface area contributed by atoms with Gasteiger partial charge < -0.3 is 15.0 Å². The Morgan fingerprint density at radius 3 is 3.14 bits per heavy atom. The van der Waals surface area contributed by atoms with Gasteiger partial charge in [-0.15, -0.1) is 0 Å². The number of aliphatic hydroxyl groups is 1. The summed E-state index contributed by atoms with van der Waals surface area (Å²) in [5, 5.41) is 11.2. The Morgan fingerprint density at radius 1 is 1.57 bits per heavy atom. The lowest BCUT2D eigenvalue weighted by molar-refractivity contribution is -0.135. The molecule has 112 valence electrons. The number of hydrogen-bond donors (Lipinski definition) is 2. The van der Waals surface area contributed by atoms with E-state index < -0.39 is 5.60 Å². The van der Waals surface area contributed by atoms with E-state index in [-0.39, 0.29) is 11.9 Å². The molecule has 1 unspecified atom stereocenters. The van der Waals surface area contributed by atoms with Gasteiger partial charge in [0.1, 0.15) is 5.65 Å². The molecule has 0 bridgehead atoms. The zero-order valence-electron chi connectivity index (χ0n) is 12.5. The lowest BCUT2D eigenvalue weighted by atomic mass is 9.96. The Hall–Kier alpha value is -1.88. The van der Waals surface area contributed by atoms with E-state index in [1.165, 1.54) is 0 Å². The quantitative estimate of drug-likeness (QED) is 0.905. The van der Waals surface area contributed by atoms with Crippen LogP contribution in [0.25, 0.3) is 11.0 Å². The molecule has 1 atom stereocenters. The van der Waals surface area contributed by atoms with Crippen LogP contribution in [-0.2, 0) is 11.2 Å². The molecule has 2 aromatic rings. The second-order valence-electron chi connectivity index (χ2n) is 6.29. The minimum absolute atomic E-state index is 0.0735. The van der Waals surface area contributed by atoms with Crippen molar-refractivity contribution < 1.29 is 9.90 Å².